The van der Waals surface area contributed by atoms with Gasteiger partial charge in [0.05, 0.1) is 0 Å². The molecule has 2 unspecified atom stereocenters. The van der Waals surface area contributed by atoms with E-state index < -0.39 is 0 Å². The monoisotopic (exact) mass is 264 g/mol. The van der Waals surface area contributed by atoms with Crippen LogP contribution in [-0.2, 0) is 6.54 Å². The van der Waals surface area contributed by atoms with Crippen molar-refractivity contribution in [2.45, 2.75) is 63.7 Å². The zero-order valence-corrected chi connectivity index (χ0v) is 12.1. The van der Waals surface area contributed by atoms with E-state index in [1.807, 2.05) is 11.3 Å². The number of nitrogens with zero attached hydrogens (tertiary/aromatic N) is 1. The smallest absolute Gasteiger partial charge is 0.0244 e. The van der Waals surface area contributed by atoms with Crippen LogP contribution < -0.4 is 5.32 Å². The molecular formula is C15H24N2S. The molecule has 1 aromatic heterocycles. The summed E-state index contributed by atoms with van der Waals surface area (Å²) in [6.07, 6.45) is 6.80. The fourth-order valence-corrected chi connectivity index (χ4v) is 4.28. The van der Waals surface area contributed by atoms with Crippen molar-refractivity contribution in [1.29, 1.82) is 0 Å². The Kier molecular flexibility index (Phi) is 4.02. The van der Waals surface area contributed by atoms with Crippen LogP contribution in [0, 0.1) is 0 Å². The van der Waals surface area contributed by atoms with E-state index in [1.54, 1.807) is 0 Å². The highest BCUT2D eigenvalue weighted by Gasteiger charge is 2.35. The molecule has 0 amide bonds. The fraction of sp³-hybridized carbons (Fsp3) is 0.733. The SMILES string of the molecule is CCCN(Cc1ccsc1)C1CC2CCC(C1)N2. The zero-order valence-electron chi connectivity index (χ0n) is 11.3. The van der Waals surface area contributed by atoms with Crippen molar-refractivity contribution in [2.75, 3.05) is 6.54 Å². The maximum Gasteiger partial charge on any atom is 0.0244 e. The van der Waals surface area contributed by atoms with Crippen molar-refractivity contribution in [3.8, 4) is 0 Å². The van der Waals surface area contributed by atoms with Gasteiger partial charge in [0.2, 0.25) is 0 Å². The van der Waals surface area contributed by atoms with Gasteiger partial charge in [-0.25, -0.2) is 0 Å². The molecule has 3 heterocycles. The van der Waals surface area contributed by atoms with E-state index in [4.69, 9.17) is 0 Å². The lowest BCUT2D eigenvalue weighted by atomic mass is 9.97. The maximum absolute atomic E-state index is 3.75. The standard InChI is InChI=1S/C15H24N2S/c1-2-6-17(10-12-5-7-18-11-12)15-8-13-3-4-14(9-15)16-13/h5,7,11,13-16H,2-4,6,8-10H2,1H3. The molecule has 2 atom stereocenters. The molecule has 2 saturated heterocycles. The molecule has 18 heavy (non-hydrogen) atoms. The maximum atomic E-state index is 3.75. The third kappa shape index (κ3) is 2.79. The normalized spacial score (nSPS) is 31.1. The second-order valence-corrected chi connectivity index (χ2v) is 6.65. The van der Waals surface area contributed by atoms with Crippen LogP contribution in [-0.4, -0.2) is 29.6 Å². The molecule has 0 aromatic carbocycles. The molecule has 0 saturated carbocycles. The van der Waals surface area contributed by atoms with E-state index in [1.165, 1.54) is 44.2 Å². The topological polar surface area (TPSA) is 15.3 Å². The number of piperidine rings is 1. The van der Waals surface area contributed by atoms with Crippen molar-refractivity contribution in [2.24, 2.45) is 0 Å². The molecule has 0 spiro atoms. The highest BCUT2D eigenvalue weighted by molar-refractivity contribution is 7.07. The predicted molar refractivity (Wildman–Crippen MR) is 78.0 cm³/mol. The van der Waals surface area contributed by atoms with Crippen molar-refractivity contribution in [3.05, 3.63) is 22.4 Å². The van der Waals surface area contributed by atoms with Gasteiger partial charge >= 0.3 is 0 Å². The molecular weight excluding hydrogens is 240 g/mol. The summed E-state index contributed by atoms with van der Waals surface area (Å²) in [6, 6.07) is 4.69. The summed E-state index contributed by atoms with van der Waals surface area (Å²) in [5, 5.41) is 8.26. The molecule has 3 heteroatoms. The Morgan fingerprint density at radius 1 is 1.33 bits per heavy atom. The molecule has 2 aliphatic rings. The minimum atomic E-state index is 0.801. The second-order valence-electron chi connectivity index (χ2n) is 5.87. The molecule has 3 rings (SSSR count). The molecule has 0 aliphatic carbocycles. The van der Waals surface area contributed by atoms with Crippen LogP contribution in [0.25, 0.3) is 0 Å². The Balaban J connectivity index is 1.65. The summed E-state index contributed by atoms with van der Waals surface area (Å²) in [5.41, 5.74) is 1.50. The lowest BCUT2D eigenvalue weighted by molar-refractivity contribution is 0.134. The number of fused-ring (bicyclic) bond motifs is 2. The molecule has 2 nitrogen and oxygen atoms in total. The first-order valence-electron chi connectivity index (χ1n) is 7.36. The highest BCUT2D eigenvalue weighted by Crippen LogP contribution is 2.30. The summed E-state index contributed by atoms with van der Waals surface area (Å²) in [5.74, 6) is 0. The van der Waals surface area contributed by atoms with Crippen LogP contribution in [0.1, 0.15) is 44.6 Å². The van der Waals surface area contributed by atoms with Crippen LogP contribution in [0.3, 0.4) is 0 Å². The van der Waals surface area contributed by atoms with Crippen LogP contribution >= 0.6 is 11.3 Å². The third-order valence-electron chi connectivity index (χ3n) is 4.44. The van der Waals surface area contributed by atoms with Crippen molar-refractivity contribution in [1.82, 2.24) is 10.2 Å². The fourth-order valence-electron chi connectivity index (χ4n) is 3.62. The Morgan fingerprint density at radius 3 is 2.72 bits per heavy atom. The summed E-state index contributed by atoms with van der Waals surface area (Å²) >= 11 is 1.82. The minimum Gasteiger partial charge on any atom is -0.311 e. The Bertz CT molecular complexity index is 351. The van der Waals surface area contributed by atoms with Crippen LogP contribution in [0.5, 0.6) is 0 Å². The first-order valence-corrected chi connectivity index (χ1v) is 8.30. The number of thiophene rings is 1. The minimum absolute atomic E-state index is 0.801. The van der Waals surface area contributed by atoms with Gasteiger partial charge in [0.1, 0.15) is 0 Å². The average molecular weight is 264 g/mol. The molecule has 1 aromatic rings. The third-order valence-corrected chi connectivity index (χ3v) is 5.17. The number of hydrogen-bond donors (Lipinski definition) is 1. The van der Waals surface area contributed by atoms with Gasteiger partial charge in [-0.1, -0.05) is 6.92 Å². The van der Waals surface area contributed by atoms with Crippen LogP contribution in [0.2, 0.25) is 0 Å². The van der Waals surface area contributed by atoms with Gasteiger partial charge in [-0.05, 0) is 61.0 Å². The van der Waals surface area contributed by atoms with E-state index in [0.717, 1.165) is 24.7 Å². The van der Waals surface area contributed by atoms with E-state index in [9.17, 15) is 0 Å². The van der Waals surface area contributed by atoms with Crippen molar-refractivity contribution >= 4 is 11.3 Å². The molecule has 2 aliphatic heterocycles. The largest absolute Gasteiger partial charge is 0.311 e. The summed E-state index contributed by atoms with van der Waals surface area (Å²) in [7, 11) is 0. The van der Waals surface area contributed by atoms with Crippen LogP contribution in [0.15, 0.2) is 16.8 Å². The van der Waals surface area contributed by atoms with Gasteiger partial charge < -0.3 is 5.32 Å². The summed E-state index contributed by atoms with van der Waals surface area (Å²) < 4.78 is 0. The molecule has 100 valence electrons. The summed E-state index contributed by atoms with van der Waals surface area (Å²) in [6.45, 7) is 4.71. The van der Waals surface area contributed by atoms with Crippen molar-refractivity contribution in [3.63, 3.8) is 0 Å². The molecule has 1 N–H and O–H groups in total. The number of hydrogen-bond acceptors (Lipinski definition) is 3. The van der Waals surface area contributed by atoms with Crippen LogP contribution in [0.4, 0.5) is 0 Å². The number of nitrogens with one attached hydrogen (secondary N) is 1. The van der Waals surface area contributed by atoms with Crippen molar-refractivity contribution < 1.29 is 0 Å². The van der Waals surface area contributed by atoms with Gasteiger partial charge in [0, 0.05) is 24.7 Å². The highest BCUT2D eigenvalue weighted by atomic mass is 32.1. The Morgan fingerprint density at radius 2 is 2.11 bits per heavy atom. The lowest BCUT2D eigenvalue weighted by Gasteiger charge is -2.37. The first kappa shape index (κ1) is 12.6. The molecule has 0 radical (unpaired) electrons. The van der Waals surface area contributed by atoms with Gasteiger partial charge in [-0.2, -0.15) is 11.3 Å². The zero-order chi connectivity index (χ0) is 12.4. The van der Waals surface area contributed by atoms with Gasteiger partial charge in [0.25, 0.3) is 0 Å². The summed E-state index contributed by atoms with van der Waals surface area (Å²) in [4.78, 5) is 2.73. The lowest BCUT2D eigenvalue weighted by Crippen LogP contribution is -2.48. The van der Waals surface area contributed by atoms with E-state index in [0.29, 0.717) is 0 Å². The first-order chi connectivity index (χ1) is 8.85. The molecule has 2 bridgehead atoms. The van der Waals surface area contributed by atoms with E-state index in [-0.39, 0.29) is 0 Å². The van der Waals surface area contributed by atoms with Gasteiger partial charge in [-0.3, -0.25) is 4.90 Å². The second kappa shape index (κ2) is 5.72. The Labute approximate surface area is 114 Å². The quantitative estimate of drug-likeness (QED) is 0.878. The van der Waals surface area contributed by atoms with Gasteiger partial charge in [0.15, 0.2) is 0 Å². The predicted octanol–water partition coefficient (Wildman–Crippen LogP) is 3.24. The van der Waals surface area contributed by atoms with E-state index in [2.05, 4.69) is 34.0 Å². The Hall–Kier alpha value is -0.380. The number of rotatable bonds is 5. The molecule has 2 fully saturated rings. The van der Waals surface area contributed by atoms with Gasteiger partial charge in [-0.15, -0.1) is 0 Å². The average Bonchev–Trinajstić information content (AvgIpc) is 2.99. The van der Waals surface area contributed by atoms with E-state index >= 15 is 0 Å².